The molecule has 18 heavy (non-hydrogen) atoms. The van der Waals surface area contributed by atoms with Crippen molar-refractivity contribution in [2.45, 2.75) is 19.8 Å². The van der Waals surface area contributed by atoms with Gasteiger partial charge in [0.15, 0.2) is 5.82 Å². The molecule has 1 amide bonds. The molecule has 0 radical (unpaired) electrons. The molecule has 0 aliphatic carbocycles. The van der Waals surface area contributed by atoms with Crippen LogP contribution in [0.3, 0.4) is 0 Å². The summed E-state index contributed by atoms with van der Waals surface area (Å²) < 4.78 is 1.77. The topological polar surface area (TPSA) is 71.3 Å². The monoisotopic (exact) mass is 247 g/mol. The summed E-state index contributed by atoms with van der Waals surface area (Å²) in [5.74, 6) is 0.944. The maximum absolute atomic E-state index is 11.2. The lowest BCUT2D eigenvalue weighted by atomic mass is 10.1. The van der Waals surface area contributed by atoms with Crippen LogP contribution in [0.1, 0.15) is 25.5 Å². The number of hydrogen-bond acceptors (Lipinski definition) is 4. The van der Waals surface area contributed by atoms with Crippen LogP contribution in [0.4, 0.5) is 5.82 Å². The van der Waals surface area contributed by atoms with Crippen molar-refractivity contribution in [3.63, 3.8) is 0 Å². The summed E-state index contributed by atoms with van der Waals surface area (Å²) in [6.07, 6.45) is 3.46. The van der Waals surface area contributed by atoms with E-state index in [9.17, 15) is 4.79 Å². The summed E-state index contributed by atoms with van der Waals surface area (Å²) in [4.78, 5) is 15.4. The van der Waals surface area contributed by atoms with Gasteiger partial charge < -0.3 is 10.6 Å². The normalized spacial score (nSPS) is 10.9. The Morgan fingerprint density at radius 3 is 2.94 bits per heavy atom. The van der Waals surface area contributed by atoms with E-state index in [0.717, 1.165) is 11.2 Å². The molecule has 0 atom stereocenters. The number of aromatic nitrogens is 3. The predicted molar refractivity (Wildman–Crippen MR) is 69.6 cm³/mol. The number of amides is 1. The summed E-state index contributed by atoms with van der Waals surface area (Å²) in [5, 5.41) is 10.0. The van der Waals surface area contributed by atoms with Crippen molar-refractivity contribution in [3.05, 3.63) is 24.2 Å². The summed E-state index contributed by atoms with van der Waals surface area (Å²) in [7, 11) is 1.60. The van der Waals surface area contributed by atoms with Crippen molar-refractivity contribution < 1.29 is 4.79 Å². The molecule has 0 saturated heterocycles. The molecular weight excluding hydrogens is 230 g/mol. The highest BCUT2D eigenvalue weighted by Crippen LogP contribution is 2.19. The molecule has 2 heterocycles. The van der Waals surface area contributed by atoms with E-state index in [1.54, 1.807) is 24.0 Å². The molecule has 6 heteroatoms. The Morgan fingerprint density at radius 2 is 2.28 bits per heavy atom. The van der Waals surface area contributed by atoms with Gasteiger partial charge in [0.2, 0.25) is 5.91 Å². The van der Waals surface area contributed by atoms with Gasteiger partial charge in [0.05, 0.1) is 12.2 Å². The molecule has 0 aliphatic rings. The average Bonchev–Trinajstić information content (AvgIpc) is 2.80. The first-order chi connectivity index (χ1) is 8.61. The van der Waals surface area contributed by atoms with E-state index in [1.807, 2.05) is 6.07 Å². The molecule has 0 bridgehead atoms. The van der Waals surface area contributed by atoms with Gasteiger partial charge in [-0.25, -0.2) is 9.50 Å². The van der Waals surface area contributed by atoms with Gasteiger partial charge in [0.1, 0.15) is 5.52 Å². The fourth-order valence-electron chi connectivity index (χ4n) is 1.61. The Balaban J connectivity index is 2.30. The SMILES string of the molecule is CNC(=O)CNc1nccn2nc(C(C)C)cc12. The first-order valence-corrected chi connectivity index (χ1v) is 5.90. The number of nitrogens with one attached hydrogen (secondary N) is 2. The Kier molecular flexibility index (Phi) is 3.45. The highest BCUT2D eigenvalue weighted by molar-refractivity contribution is 5.81. The number of fused-ring (bicyclic) bond motifs is 1. The van der Waals surface area contributed by atoms with Crippen LogP contribution >= 0.6 is 0 Å². The quantitative estimate of drug-likeness (QED) is 0.846. The summed E-state index contributed by atoms with van der Waals surface area (Å²) in [6.45, 7) is 4.38. The number of carbonyl (C=O) groups is 1. The fourth-order valence-corrected chi connectivity index (χ4v) is 1.61. The second kappa shape index (κ2) is 5.03. The summed E-state index contributed by atoms with van der Waals surface area (Å²) in [6, 6.07) is 1.99. The smallest absolute Gasteiger partial charge is 0.239 e. The van der Waals surface area contributed by atoms with Crippen LogP contribution in [0.2, 0.25) is 0 Å². The van der Waals surface area contributed by atoms with Gasteiger partial charge in [0.25, 0.3) is 0 Å². The molecule has 0 fully saturated rings. The largest absolute Gasteiger partial charge is 0.359 e. The lowest BCUT2D eigenvalue weighted by Gasteiger charge is -2.05. The number of rotatable bonds is 4. The molecule has 0 unspecified atom stereocenters. The van der Waals surface area contributed by atoms with E-state index >= 15 is 0 Å². The van der Waals surface area contributed by atoms with Crippen molar-refractivity contribution in [2.24, 2.45) is 0 Å². The standard InChI is InChI=1S/C12H17N5O/c1-8(2)9-6-10-12(15-7-11(18)13-3)14-4-5-17(10)16-9/h4-6,8H,7H2,1-3H3,(H,13,18)(H,14,15). The molecular formula is C12H17N5O. The van der Waals surface area contributed by atoms with Crippen LogP contribution in [0.25, 0.3) is 5.52 Å². The Hall–Kier alpha value is -2.11. The predicted octanol–water partition coefficient (Wildman–Crippen LogP) is 1.01. The van der Waals surface area contributed by atoms with Gasteiger partial charge in [-0.1, -0.05) is 13.8 Å². The van der Waals surface area contributed by atoms with Crippen molar-refractivity contribution in [3.8, 4) is 0 Å². The van der Waals surface area contributed by atoms with Crippen molar-refractivity contribution in [2.75, 3.05) is 18.9 Å². The number of hydrogen-bond donors (Lipinski definition) is 2. The zero-order valence-electron chi connectivity index (χ0n) is 10.8. The van der Waals surface area contributed by atoms with E-state index < -0.39 is 0 Å². The molecule has 0 saturated carbocycles. The second-order valence-electron chi connectivity index (χ2n) is 4.36. The van der Waals surface area contributed by atoms with Crippen LogP contribution < -0.4 is 10.6 Å². The van der Waals surface area contributed by atoms with Gasteiger partial charge in [0, 0.05) is 19.4 Å². The summed E-state index contributed by atoms with van der Waals surface area (Å²) in [5.41, 5.74) is 1.89. The van der Waals surface area contributed by atoms with E-state index in [-0.39, 0.29) is 12.5 Å². The van der Waals surface area contributed by atoms with Crippen LogP contribution in [-0.4, -0.2) is 34.1 Å². The molecule has 2 aromatic rings. The first kappa shape index (κ1) is 12.3. The highest BCUT2D eigenvalue weighted by atomic mass is 16.1. The van der Waals surface area contributed by atoms with Gasteiger partial charge in [-0.15, -0.1) is 0 Å². The highest BCUT2D eigenvalue weighted by Gasteiger charge is 2.10. The van der Waals surface area contributed by atoms with E-state index in [2.05, 4.69) is 34.6 Å². The Morgan fingerprint density at radius 1 is 1.50 bits per heavy atom. The van der Waals surface area contributed by atoms with Crippen molar-refractivity contribution >= 4 is 17.2 Å². The minimum Gasteiger partial charge on any atom is -0.359 e. The van der Waals surface area contributed by atoms with Gasteiger partial charge in [-0.2, -0.15) is 5.10 Å². The molecule has 6 nitrogen and oxygen atoms in total. The number of carbonyl (C=O) groups excluding carboxylic acids is 1. The third-order valence-corrected chi connectivity index (χ3v) is 2.70. The molecule has 0 aliphatic heterocycles. The van der Waals surface area contributed by atoms with Gasteiger partial charge in [-0.3, -0.25) is 4.79 Å². The number of anilines is 1. The molecule has 0 spiro atoms. The maximum Gasteiger partial charge on any atom is 0.239 e. The average molecular weight is 247 g/mol. The summed E-state index contributed by atoms with van der Waals surface area (Å²) >= 11 is 0. The van der Waals surface area contributed by atoms with Crippen LogP contribution in [0, 0.1) is 0 Å². The van der Waals surface area contributed by atoms with Gasteiger partial charge in [-0.05, 0) is 12.0 Å². The van der Waals surface area contributed by atoms with Crippen LogP contribution in [-0.2, 0) is 4.79 Å². The van der Waals surface area contributed by atoms with Crippen molar-refractivity contribution in [1.29, 1.82) is 0 Å². The molecule has 2 aromatic heterocycles. The number of likely N-dealkylation sites (N-methyl/N-ethyl adjacent to an activating group) is 1. The van der Waals surface area contributed by atoms with Gasteiger partial charge >= 0.3 is 0 Å². The van der Waals surface area contributed by atoms with E-state index in [1.165, 1.54) is 0 Å². The zero-order chi connectivity index (χ0) is 13.1. The Labute approximate surface area is 105 Å². The lowest BCUT2D eigenvalue weighted by molar-refractivity contribution is -0.118. The zero-order valence-corrected chi connectivity index (χ0v) is 10.8. The first-order valence-electron chi connectivity index (χ1n) is 5.90. The maximum atomic E-state index is 11.2. The fraction of sp³-hybridized carbons (Fsp3) is 0.417. The molecule has 2 N–H and O–H groups in total. The minimum absolute atomic E-state index is 0.0811. The molecule has 2 rings (SSSR count). The lowest BCUT2D eigenvalue weighted by Crippen LogP contribution is -2.26. The minimum atomic E-state index is -0.0811. The van der Waals surface area contributed by atoms with E-state index in [0.29, 0.717) is 11.7 Å². The molecule has 0 aromatic carbocycles. The van der Waals surface area contributed by atoms with Crippen LogP contribution in [0.15, 0.2) is 18.5 Å². The number of nitrogens with zero attached hydrogens (tertiary/aromatic N) is 3. The Bertz CT molecular complexity index is 561. The van der Waals surface area contributed by atoms with Crippen LogP contribution in [0.5, 0.6) is 0 Å². The van der Waals surface area contributed by atoms with E-state index in [4.69, 9.17) is 0 Å². The third-order valence-electron chi connectivity index (χ3n) is 2.70. The second-order valence-corrected chi connectivity index (χ2v) is 4.36. The van der Waals surface area contributed by atoms with Crippen molar-refractivity contribution in [1.82, 2.24) is 19.9 Å². The third kappa shape index (κ3) is 2.42. The molecule has 96 valence electrons.